The molecule has 0 spiro atoms. The fraction of sp³-hybridized carbons (Fsp3) is 0.632. The lowest BCUT2D eigenvalue weighted by molar-refractivity contribution is -0.121. The molecule has 3 N–H and O–H groups in total. The fourth-order valence-electron chi connectivity index (χ4n) is 2.92. The molecule has 2 atom stereocenters. The first-order valence-electron chi connectivity index (χ1n) is 8.62. The molecule has 0 aromatic heterocycles. The van der Waals surface area contributed by atoms with Crippen LogP contribution in [0.1, 0.15) is 57.3 Å². The Labute approximate surface area is 139 Å². The Morgan fingerprint density at radius 3 is 2.61 bits per heavy atom. The zero-order chi connectivity index (χ0) is 16.9. The van der Waals surface area contributed by atoms with E-state index >= 15 is 0 Å². The molecule has 0 bridgehead atoms. The summed E-state index contributed by atoms with van der Waals surface area (Å²) in [6.45, 7) is 8.86. The van der Waals surface area contributed by atoms with Gasteiger partial charge in [0, 0.05) is 13.0 Å². The SMILES string of the molecule is CC(C)(C)c1ccc(C(O)CNC(=O)CCC2CCNC2)cc1. The van der Waals surface area contributed by atoms with Crippen LogP contribution in [0.4, 0.5) is 0 Å². The van der Waals surface area contributed by atoms with Crippen molar-refractivity contribution < 1.29 is 9.90 Å². The lowest BCUT2D eigenvalue weighted by Crippen LogP contribution is -2.28. The average molecular weight is 318 g/mol. The van der Waals surface area contributed by atoms with Crippen LogP contribution in [0, 0.1) is 5.92 Å². The number of carbonyl (C=O) groups is 1. The summed E-state index contributed by atoms with van der Waals surface area (Å²) in [6, 6.07) is 7.99. The van der Waals surface area contributed by atoms with E-state index in [0.717, 1.165) is 31.5 Å². The summed E-state index contributed by atoms with van der Waals surface area (Å²) in [4.78, 5) is 11.9. The van der Waals surface area contributed by atoms with Crippen molar-refractivity contribution in [2.45, 2.75) is 51.6 Å². The van der Waals surface area contributed by atoms with Crippen molar-refractivity contribution in [2.75, 3.05) is 19.6 Å². The van der Waals surface area contributed by atoms with Crippen molar-refractivity contribution in [3.63, 3.8) is 0 Å². The van der Waals surface area contributed by atoms with E-state index in [4.69, 9.17) is 0 Å². The molecular formula is C19H30N2O2. The Morgan fingerprint density at radius 1 is 1.35 bits per heavy atom. The van der Waals surface area contributed by atoms with Crippen molar-refractivity contribution in [3.05, 3.63) is 35.4 Å². The number of nitrogens with one attached hydrogen (secondary N) is 2. The van der Waals surface area contributed by atoms with Crippen LogP contribution < -0.4 is 10.6 Å². The Bertz CT molecular complexity index is 499. The molecule has 4 heteroatoms. The Kier molecular flexibility index (Phi) is 6.19. The number of aliphatic hydroxyl groups excluding tert-OH is 1. The standard InChI is InChI=1S/C19H30N2O2/c1-19(2,3)16-7-5-15(6-8-16)17(22)13-21-18(23)9-4-14-10-11-20-12-14/h5-8,14,17,20,22H,4,9-13H2,1-3H3,(H,21,23). The van der Waals surface area contributed by atoms with Gasteiger partial charge in [-0.3, -0.25) is 4.79 Å². The topological polar surface area (TPSA) is 61.4 Å². The summed E-state index contributed by atoms with van der Waals surface area (Å²) >= 11 is 0. The maximum atomic E-state index is 11.9. The van der Waals surface area contributed by atoms with Crippen LogP contribution in [-0.4, -0.2) is 30.6 Å². The van der Waals surface area contributed by atoms with E-state index < -0.39 is 6.10 Å². The quantitative estimate of drug-likeness (QED) is 0.755. The average Bonchev–Trinajstić information content (AvgIpc) is 3.03. The van der Waals surface area contributed by atoms with Gasteiger partial charge in [0.1, 0.15) is 0 Å². The normalized spacial score (nSPS) is 19.6. The van der Waals surface area contributed by atoms with Crippen LogP contribution in [-0.2, 0) is 10.2 Å². The lowest BCUT2D eigenvalue weighted by atomic mass is 9.86. The molecule has 0 saturated carbocycles. The Morgan fingerprint density at radius 2 is 2.04 bits per heavy atom. The first-order valence-corrected chi connectivity index (χ1v) is 8.62. The zero-order valence-corrected chi connectivity index (χ0v) is 14.6. The molecule has 23 heavy (non-hydrogen) atoms. The third-order valence-electron chi connectivity index (χ3n) is 4.60. The fourth-order valence-corrected chi connectivity index (χ4v) is 2.92. The third-order valence-corrected chi connectivity index (χ3v) is 4.60. The highest BCUT2D eigenvalue weighted by Gasteiger charge is 2.17. The molecule has 1 aliphatic heterocycles. The minimum atomic E-state index is -0.652. The van der Waals surface area contributed by atoms with Gasteiger partial charge in [-0.1, -0.05) is 45.0 Å². The lowest BCUT2D eigenvalue weighted by Gasteiger charge is -2.20. The van der Waals surface area contributed by atoms with E-state index in [1.807, 2.05) is 24.3 Å². The number of aliphatic hydroxyl groups is 1. The minimum Gasteiger partial charge on any atom is -0.387 e. The summed E-state index contributed by atoms with van der Waals surface area (Å²) in [5.74, 6) is 0.651. The summed E-state index contributed by atoms with van der Waals surface area (Å²) in [5.41, 5.74) is 2.19. The Balaban J connectivity index is 1.75. The number of amides is 1. The van der Waals surface area contributed by atoms with Gasteiger partial charge < -0.3 is 15.7 Å². The minimum absolute atomic E-state index is 0.0299. The van der Waals surface area contributed by atoms with E-state index in [9.17, 15) is 9.90 Å². The highest BCUT2D eigenvalue weighted by Crippen LogP contribution is 2.23. The van der Waals surface area contributed by atoms with Gasteiger partial charge in [-0.25, -0.2) is 0 Å². The second-order valence-corrected chi connectivity index (χ2v) is 7.59. The molecule has 1 fully saturated rings. The largest absolute Gasteiger partial charge is 0.387 e. The second kappa shape index (κ2) is 7.93. The van der Waals surface area contributed by atoms with E-state index in [2.05, 4.69) is 31.4 Å². The molecule has 1 heterocycles. The van der Waals surface area contributed by atoms with E-state index in [0.29, 0.717) is 12.3 Å². The predicted molar refractivity (Wildman–Crippen MR) is 93.3 cm³/mol. The first-order chi connectivity index (χ1) is 10.9. The first kappa shape index (κ1) is 18.0. The van der Waals surface area contributed by atoms with Crippen molar-refractivity contribution >= 4 is 5.91 Å². The highest BCUT2D eigenvalue weighted by atomic mass is 16.3. The van der Waals surface area contributed by atoms with Crippen LogP contribution in [0.3, 0.4) is 0 Å². The molecule has 1 amide bonds. The number of hydrogen-bond acceptors (Lipinski definition) is 3. The van der Waals surface area contributed by atoms with E-state index in [1.165, 1.54) is 5.56 Å². The highest BCUT2D eigenvalue weighted by molar-refractivity contribution is 5.75. The molecule has 2 unspecified atom stereocenters. The van der Waals surface area contributed by atoms with Crippen LogP contribution >= 0.6 is 0 Å². The van der Waals surface area contributed by atoms with Crippen LogP contribution in [0.5, 0.6) is 0 Å². The van der Waals surface area contributed by atoms with Gasteiger partial charge in [-0.15, -0.1) is 0 Å². The van der Waals surface area contributed by atoms with Crippen molar-refractivity contribution in [1.82, 2.24) is 10.6 Å². The van der Waals surface area contributed by atoms with Crippen LogP contribution in [0.25, 0.3) is 0 Å². The van der Waals surface area contributed by atoms with Crippen molar-refractivity contribution in [1.29, 1.82) is 0 Å². The molecule has 1 aliphatic rings. The van der Waals surface area contributed by atoms with Gasteiger partial charge in [0.2, 0.25) is 5.91 Å². The number of carbonyl (C=O) groups excluding carboxylic acids is 1. The Hall–Kier alpha value is -1.39. The third kappa shape index (κ3) is 5.63. The molecular weight excluding hydrogens is 288 g/mol. The molecule has 4 nitrogen and oxygen atoms in total. The second-order valence-electron chi connectivity index (χ2n) is 7.59. The van der Waals surface area contributed by atoms with Crippen molar-refractivity contribution in [3.8, 4) is 0 Å². The predicted octanol–water partition coefficient (Wildman–Crippen LogP) is 2.52. The summed E-state index contributed by atoms with van der Waals surface area (Å²) in [5, 5.41) is 16.4. The number of hydrogen-bond donors (Lipinski definition) is 3. The molecule has 1 aromatic carbocycles. The van der Waals surface area contributed by atoms with E-state index in [-0.39, 0.29) is 17.9 Å². The van der Waals surface area contributed by atoms with Gasteiger partial charge in [-0.05, 0) is 48.4 Å². The number of benzene rings is 1. The monoisotopic (exact) mass is 318 g/mol. The molecule has 128 valence electrons. The van der Waals surface area contributed by atoms with Gasteiger partial charge in [0.15, 0.2) is 0 Å². The van der Waals surface area contributed by atoms with Gasteiger partial charge in [0.05, 0.1) is 6.10 Å². The maximum Gasteiger partial charge on any atom is 0.220 e. The van der Waals surface area contributed by atoms with Crippen LogP contribution in [0.2, 0.25) is 0 Å². The molecule has 2 rings (SSSR count). The molecule has 0 aliphatic carbocycles. The zero-order valence-electron chi connectivity index (χ0n) is 14.6. The number of rotatable bonds is 6. The smallest absolute Gasteiger partial charge is 0.220 e. The summed E-state index contributed by atoms with van der Waals surface area (Å²) in [7, 11) is 0. The van der Waals surface area contributed by atoms with Crippen LogP contribution in [0.15, 0.2) is 24.3 Å². The molecule has 0 radical (unpaired) electrons. The van der Waals surface area contributed by atoms with Gasteiger partial charge >= 0.3 is 0 Å². The molecule has 1 saturated heterocycles. The van der Waals surface area contributed by atoms with Gasteiger partial charge in [-0.2, -0.15) is 0 Å². The van der Waals surface area contributed by atoms with Gasteiger partial charge in [0.25, 0.3) is 0 Å². The van der Waals surface area contributed by atoms with E-state index in [1.54, 1.807) is 0 Å². The molecule has 1 aromatic rings. The summed E-state index contributed by atoms with van der Waals surface area (Å²) in [6.07, 6.45) is 1.98. The maximum absolute atomic E-state index is 11.9. The summed E-state index contributed by atoms with van der Waals surface area (Å²) < 4.78 is 0. The van der Waals surface area contributed by atoms with Crippen molar-refractivity contribution in [2.24, 2.45) is 5.92 Å².